The van der Waals surface area contributed by atoms with E-state index < -0.39 is 0 Å². The third-order valence-electron chi connectivity index (χ3n) is 3.33. The van der Waals surface area contributed by atoms with Gasteiger partial charge in [0.05, 0.1) is 0 Å². The molecule has 0 radical (unpaired) electrons. The third-order valence-corrected chi connectivity index (χ3v) is 3.33. The fourth-order valence-electron chi connectivity index (χ4n) is 2.05. The van der Waals surface area contributed by atoms with E-state index in [4.69, 9.17) is 5.73 Å². The van der Waals surface area contributed by atoms with E-state index in [0.29, 0.717) is 10.8 Å². The highest BCUT2D eigenvalue weighted by Crippen LogP contribution is 2.42. The van der Waals surface area contributed by atoms with Crippen LogP contribution < -0.4 is 11.1 Å². The van der Waals surface area contributed by atoms with Gasteiger partial charge in [-0.25, -0.2) is 0 Å². The summed E-state index contributed by atoms with van der Waals surface area (Å²) < 4.78 is 0. The van der Waals surface area contributed by atoms with Crippen LogP contribution in [0.2, 0.25) is 0 Å². The average molecular weight is 198 g/mol. The minimum absolute atomic E-state index is 0.398. The molecule has 0 saturated heterocycles. The lowest BCUT2D eigenvalue weighted by atomic mass is 9.67. The largest absolute Gasteiger partial charge is 0.330 e. The molecule has 0 bridgehead atoms. The topological polar surface area (TPSA) is 38.0 Å². The predicted octanol–water partition coefficient (Wildman–Crippen LogP) is 2.14. The monoisotopic (exact) mass is 198 g/mol. The Bertz CT molecular complexity index is 160. The van der Waals surface area contributed by atoms with Gasteiger partial charge in [0, 0.05) is 0 Å². The molecule has 0 aliphatic heterocycles. The summed E-state index contributed by atoms with van der Waals surface area (Å²) in [7, 11) is 0. The Kier molecular flexibility index (Phi) is 3.96. The summed E-state index contributed by atoms with van der Waals surface area (Å²) in [4.78, 5) is 0. The summed E-state index contributed by atoms with van der Waals surface area (Å²) in [6, 6.07) is 0. The molecule has 2 nitrogen and oxygen atoms in total. The van der Waals surface area contributed by atoms with Gasteiger partial charge in [0.1, 0.15) is 0 Å². The standard InChI is InChI=1S/C12H26N2/c1-11(2,3)10-14-8-7-12(9-13)5-4-6-12/h14H,4-10,13H2,1-3H3. The molecule has 0 spiro atoms. The van der Waals surface area contributed by atoms with Gasteiger partial charge in [-0.1, -0.05) is 27.2 Å². The van der Waals surface area contributed by atoms with Crippen LogP contribution in [0, 0.1) is 10.8 Å². The molecule has 84 valence electrons. The van der Waals surface area contributed by atoms with Crippen molar-refractivity contribution in [2.24, 2.45) is 16.6 Å². The molecule has 0 unspecified atom stereocenters. The molecule has 0 atom stereocenters. The highest BCUT2D eigenvalue weighted by atomic mass is 14.9. The van der Waals surface area contributed by atoms with Gasteiger partial charge < -0.3 is 11.1 Å². The number of nitrogens with one attached hydrogen (secondary N) is 1. The van der Waals surface area contributed by atoms with Crippen molar-refractivity contribution in [3.63, 3.8) is 0 Å². The molecule has 0 aromatic heterocycles. The zero-order valence-corrected chi connectivity index (χ0v) is 10.0. The lowest BCUT2D eigenvalue weighted by molar-refractivity contribution is 0.129. The zero-order valence-electron chi connectivity index (χ0n) is 10.0. The fraction of sp³-hybridized carbons (Fsp3) is 1.00. The minimum Gasteiger partial charge on any atom is -0.330 e. The van der Waals surface area contributed by atoms with Crippen LogP contribution in [0.15, 0.2) is 0 Å². The Hall–Kier alpha value is -0.0800. The van der Waals surface area contributed by atoms with Crippen molar-refractivity contribution >= 4 is 0 Å². The first-order chi connectivity index (χ1) is 6.47. The van der Waals surface area contributed by atoms with Crippen LogP contribution in [0.5, 0.6) is 0 Å². The van der Waals surface area contributed by atoms with Crippen LogP contribution in [-0.4, -0.2) is 19.6 Å². The van der Waals surface area contributed by atoms with Crippen molar-refractivity contribution in [3.8, 4) is 0 Å². The van der Waals surface area contributed by atoms with E-state index in [0.717, 1.165) is 19.6 Å². The maximum absolute atomic E-state index is 5.81. The molecule has 0 amide bonds. The van der Waals surface area contributed by atoms with Crippen LogP contribution in [-0.2, 0) is 0 Å². The molecule has 0 heterocycles. The normalized spacial score (nSPS) is 20.6. The number of hydrogen-bond acceptors (Lipinski definition) is 2. The Morgan fingerprint density at radius 3 is 2.29 bits per heavy atom. The summed E-state index contributed by atoms with van der Waals surface area (Å²) >= 11 is 0. The molecule has 1 fully saturated rings. The van der Waals surface area contributed by atoms with E-state index in [2.05, 4.69) is 26.1 Å². The molecule has 1 aliphatic carbocycles. The van der Waals surface area contributed by atoms with Crippen LogP contribution in [0.1, 0.15) is 46.5 Å². The van der Waals surface area contributed by atoms with Crippen LogP contribution >= 0.6 is 0 Å². The lowest BCUT2D eigenvalue weighted by Gasteiger charge is -2.41. The van der Waals surface area contributed by atoms with Crippen molar-refractivity contribution in [3.05, 3.63) is 0 Å². The molecule has 0 aromatic rings. The van der Waals surface area contributed by atoms with Crippen LogP contribution in [0.3, 0.4) is 0 Å². The first-order valence-corrected chi connectivity index (χ1v) is 5.88. The fourth-order valence-corrected chi connectivity index (χ4v) is 2.05. The van der Waals surface area contributed by atoms with Gasteiger partial charge in [-0.3, -0.25) is 0 Å². The minimum atomic E-state index is 0.398. The van der Waals surface area contributed by atoms with E-state index >= 15 is 0 Å². The SMILES string of the molecule is CC(C)(C)CNCCC1(CN)CCC1. The van der Waals surface area contributed by atoms with Crippen molar-refractivity contribution < 1.29 is 0 Å². The van der Waals surface area contributed by atoms with Gasteiger partial charge in [-0.2, -0.15) is 0 Å². The molecule has 1 rings (SSSR count). The first kappa shape index (κ1) is 12.0. The molecule has 1 saturated carbocycles. The lowest BCUT2D eigenvalue weighted by Crippen LogP contribution is -2.40. The van der Waals surface area contributed by atoms with Gasteiger partial charge in [0.15, 0.2) is 0 Å². The Labute approximate surface area is 88.6 Å². The number of hydrogen-bond donors (Lipinski definition) is 2. The van der Waals surface area contributed by atoms with Crippen LogP contribution in [0.4, 0.5) is 0 Å². The van der Waals surface area contributed by atoms with Crippen LogP contribution in [0.25, 0.3) is 0 Å². The molecule has 1 aliphatic rings. The Morgan fingerprint density at radius 2 is 1.93 bits per heavy atom. The van der Waals surface area contributed by atoms with Crippen molar-refractivity contribution in [2.45, 2.75) is 46.5 Å². The smallest absolute Gasteiger partial charge is 0.0000121 e. The second kappa shape index (κ2) is 4.63. The van der Waals surface area contributed by atoms with Crippen molar-refractivity contribution in [1.82, 2.24) is 5.32 Å². The van der Waals surface area contributed by atoms with E-state index in [1.54, 1.807) is 0 Å². The highest BCUT2D eigenvalue weighted by Gasteiger charge is 2.34. The molecule has 2 heteroatoms. The molecular formula is C12H26N2. The second-order valence-electron chi connectivity index (χ2n) is 6.05. The van der Waals surface area contributed by atoms with E-state index in [9.17, 15) is 0 Å². The van der Waals surface area contributed by atoms with Gasteiger partial charge >= 0.3 is 0 Å². The molecule has 0 aromatic carbocycles. The van der Waals surface area contributed by atoms with Gasteiger partial charge in [0.2, 0.25) is 0 Å². The first-order valence-electron chi connectivity index (χ1n) is 5.88. The number of rotatable bonds is 5. The quantitative estimate of drug-likeness (QED) is 0.664. The number of nitrogens with two attached hydrogens (primary N) is 1. The molecule has 3 N–H and O–H groups in total. The third kappa shape index (κ3) is 3.58. The van der Waals surface area contributed by atoms with E-state index in [1.807, 2.05) is 0 Å². The summed E-state index contributed by atoms with van der Waals surface area (Å²) in [5.74, 6) is 0. The highest BCUT2D eigenvalue weighted by molar-refractivity contribution is 4.88. The van der Waals surface area contributed by atoms with E-state index in [-0.39, 0.29) is 0 Å². The maximum Gasteiger partial charge on any atom is -0.0000121 e. The summed E-state index contributed by atoms with van der Waals surface area (Å²) in [6.07, 6.45) is 5.34. The second-order valence-corrected chi connectivity index (χ2v) is 6.05. The Balaban J connectivity index is 2.09. The predicted molar refractivity (Wildman–Crippen MR) is 62.3 cm³/mol. The summed E-state index contributed by atoms with van der Waals surface area (Å²) in [5.41, 5.74) is 6.71. The van der Waals surface area contributed by atoms with Gasteiger partial charge in [0.25, 0.3) is 0 Å². The van der Waals surface area contributed by atoms with Gasteiger partial charge in [-0.05, 0) is 49.7 Å². The summed E-state index contributed by atoms with van der Waals surface area (Å²) in [5, 5.41) is 3.53. The van der Waals surface area contributed by atoms with Gasteiger partial charge in [-0.15, -0.1) is 0 Å². The van der Waals surface area contributed by atoms with Crippen molar-refractivity contribution in [1.29, 1.82) is 0 Å². The average Bonchev–Trinajstić information content (AvgIpc) is 2.00. The molecular weight excluding hydrogens is 172 g/mol. The van der Waals surface area contributed by atoms with E-state index in [1.165, 1.54) is 25.7 Å². The Morgan fingerprint density at radius 1 is 1.29 bits per heavy atom. The molecule has 14 heavy (non-hydrogen) atoms. The summed E-state index contributed by atoms with van der Waals surface area (Å²) in [6.45, 7) is 9.92. The van der Waals surface area contributed by atoms with Crippen molar-refractivity contribution in [2.75, 3.05) is 19.6 Å². The maximum atomic E-state index is 5.81. The zero-order chi connectivity index (χ0) is 10.7.